The number of carbonyl (C=O) groups excluding carboxylic acids is 1. The van der Waals surface area contributed by atoms with E-state index in [-0.39, 0.29) is 5.91 Å². The Morgan fingerprint density at radius 3 is 2.72 bits per heavy atom. The first-order chi connectivity index (χ1) is 8.79. The molecule has 4 nitrogen and oxygen atoms in total. The van der Waals surface area contributed by atoms with Crippen molar-refractivity contribution in [1.29, 1.82) is 0 Å². The van der Waals surface area contributed by atoms with Crippen LogP contribution in [-0.2, 0) is 4.79 Å². The summed E-state index contributed by atoms with van der Waals surface area (Å²) in [7, 11) is 0. The number of aromatic amines is 1. The molecule has 0 saturated heterocycles. The van der Waals surface area contributed by atoms with Crippen molar-refractivity contribution < 1.29 is 4.79 Å². The topological polar surface area (TPSA) is 57.8 Å². The molecule has 2 rings (SSSR count). The summed E-state index contributed by atoms with van der Waals surface area (Å²) in [6, 6.07) is 9.54. The van der Waals surface area contributed by atoms with Crippen molar-refractivity contribution >= 4 is 11.6 Å². The van der Waals surface area contributed by atoms with Crippen LogP contribution < -0.4 is 5.32 Å². The second kappa shape index (κ2) is 5.82. The fraction of sp³-hybridized carbons (Fsp3) is 0.143. The van der Waals surface area contributed by atoms with Crippen LogP contribution >= 0.6 is 0 Å². The highest BCUT2D eigenvalue weighted by atomic mass is 16.1. The van der Waals surface area contributed by atoms with Crippen molar-refractivity contribution in [2.45, 2.75) is 12.8 Å². The first-order valence-electron chi connectivity index (χ1n) is 5.80. The lowest BCUT2D eigenvalue weighted by molar-refractivity contribution is -0.116. The molecule has 0 fully saturated rings. The molecule has 0 atom stereocenters. The average molecular weight is 241 g/mol. The maximum absolute atomic E-state index is 11.5. The zero-order chi connectivity index (χ0) is 12.8. The number of H-pyrrole nitrogens is 1. The van der Waals surface area contributed by atoms with Gasteiger partial charge in [-0.3, -0.25) is 9.89 Å². The van der Waals surface area contributed by atoms with Gasteiger partial charge < -0.3 is 5.32 Å². The van der Waals surface area contributed by atoms with Gasteiger partial charge in [-0.05, 0) is 30.2 Å². The summed E-state index contributed by atoms with van der Waals surface area (Å²) in [5.41, 5.74) is 2.79. The molecule has 0 bridgehead atoms. The smallest absolute Gasteiger partial charge is 0.224 e. The average Bonchev–Trinajstić information content (AvgIpc) is 2.91. The Morgan fingerprint density at radius 1 is 1.33 bits per heavy atom. The summed E-state index contributed by atoms with van der Waals surface area (Å²) in [6.45, 7) is 3.59. The highest BCUT2D eigenvalue weighted by Gasteiger charge is 2.02. The molecule has 1 heterocycles. The summed E-state index contributed by atoms with van der Waals surface area (Å²) >= 11 is 0. The van der Waals surface area contributed by atoms with Gasteiger partial charge in [0, 0.05) is 18.3 Å². The lowest BCUT2D eigenvalue weighted by Crippen LogP contribution is -2.10. The third-order valence-electron chi connectivity index (χ3n) is 2.56. The normalized spacial score (nSPS) is 10.0. The van der Waals surface area contributed by atoms with Crippen molar-refractivity contribution in [3.8, 4) is 11.3 Å². The number of aromatic nitrogens is 2. The molecule has 1 aromatic heterocycles. The molecule has 1 amide bonds. The minimum Gasteiger partial charge on any atom is -0.326 e. The standard InChI is InChI=1S/C14H15N3O/c1-2-3-4-14(18)16-12-7-5-11(6-8-12)13-9-10-15-17-13/h2,5-10H,1,3-4H2,(H,15,17)(H,16,18). The number of carbonyl (C=O) groups is 1. The van der Waals surface area contributed by atoms with E-state index in [0.29, 0.717) is 12.8 Å². The number of nitrogens with one attached hydrogen (secondary N) is 2. The van der Waals surface area contributed by atoms with Gasteiger partial charge in [0.15, 0.2) is 0 Å². The van der Waals surface area contributed by atoms with Gasteiger partial charge in [-0.2, -0.15) is 5.10 Å². The lowest BCUT2D eigenvalue weighted by Gasteiger charge is -2.05. The summed E-state index contributed by atoms with van der Waals surface area (Å²) in [4.78, 5) is 11.5. The fourth-order valence-corrected chi connectivity index (χ4v) is 1.61. The van der Waals surface area contributed by atoms with Crippen molar-refractivity contribution in [2.24, 2.45) is 0 Å². The van der Waals surface area contributed by atoms with Gasteiger partial charge in [-0.15, -0.1) is 6.58 Å². The Hall–Kier alpha value is -2.36. The molecule has 0 unspecified atom stereocenters. The van der Waals surface area contributed by atoms with Crippen molar-refractivity contribution in [2.75, 3.05) is 5.32 Å². The van der Waals surface area contributed by atoms with Gasteiger partial charge in [-0.1, -0.05) is 18.2 Å². The van der Waals surface area contributed by atoms with Crippen LogP contribution in [0.2, 0.25) is 0 Å². The zero-order valence-electron chi connectivity index (χ0n) is 10.0. The first kappa shape index (κ1) is 12.1. The van der Waals surface area contributed by atoms with Crippen LogP contribution in [0.15, 0.2) is 49.2 Å². The van der Waals surface area contributed by atoms with Gasteiger partial charge in [0.25, 0.3) is 0 Å². The Kier molecular flexibility index (Phi) is 3.91. The number of rotatable bonds is 5. The predicted octanol–water partition coefficient (Wildman–Crippen LogP) is 2.98. The second-order valence-electron chi connectivity index (χ2n) is 3.92. The lowest BCUT2D eigenvalue weighted by atomic mass is 10.1. The molecule has 1 aromatic carbocycles. The van der Waals surface area contributed by atoms with E-state index in [2.05, 4.69) is 22.1 Å². The number of benzene rings is 1. The monoisotopic (exact) mass is 241 g/mol. The van der Waals surface area contributed by atoms with E-state index in [4.69, 9.17) is 0 Å². The molecule has 0 aliphatic rings. The van der Waals surface area contributed by atoms with Crippen LogP contribution in [0, 0.1) is 0 Å². The number of hydrogen-bond acceptors (Lipinski definition) is 2. The minimum atomic E-state index is 0.00388. The summed E-state index contributed by atoms with van der Waals surface area (Å²) < 4.78 is 0. The quantitative estimate of drug-likeness (QED) is 0.790. The van der Waals surface area contributed by atoms with Crippen LogP contribution in [0.1, 0.15) is 12.8 Å². The van der Waals surface area contributed by atoms with Gasteiger partial charge in [-0.25, -0.2) is 0 Å². The molecule has 92 valence electrons. The summed E-state index contributed by atoms with van der Waals surface area (Å²) in [5.74, 6) is 0.00388. The van der Waals surface area contributed by atoms with Gasteiger partial charge >= 0.3 is 0 Å². The van der Waals surface area contributed by atoms with E-state index in [1.165, 1.54) is 0 Å². The zero-order valence-corrected chi connectivity index (χ0v) is 10.0. The molecule has 2 N–H and O–H groups in total. The Labute approximate surface area is 106 Å². The van der Waals surface area contributed by atoms with E-state index in [1.54, 1.807) is 12.3 Å². The highest BCUT2D eigenvalue weighted by Crippen LogP contribution is 2.18. The Balaban J connectivity index is 2.00. The number of nitrogens with zero attached hydrogens (tertiary/aromatic N) is 1. The molecule has 2 aromatic rings. The fourth-order valence-electron chi connectivity index (χ4n) is 1.61. The predicted molar refractivity (Wildman–Crippen MR) is 72.1 cm³/mol. The molecular weight excluding hydrogens is 226 g/mol. The van der Waals surface area contributed by atoms with Crippen molar-refractivity contribution in [1.82, 2.24) is 10.2 Å². The van der Waals surface area contributed by atoms with Crippen LogP contribution in [0.5, 0.6) is 0 Å². The second-order valence-corrected chi connectivity index (χ2v) is 3.92. The number of allylic oxidation sites excluding steroid dienone is 1. The molecule has 0 aliphatic carbocycles. The van der Waals surface area contributed by atoms with Crippen LogP contribution in [0.4, 0.5) is 5.69 Å². The van der Waals surface area contributed by atoms with Crippen molar-refractivity contribution in [3.05, 3.63) is 49.2 Å². The molecule has 18 heavy (non-hydrogen) atoms. The Morgan fingerprint density at radius 2 is 2.11 bits per heavy atom. The minimum absolute atomic E-state index is 0.00388. The Bertz CT molecular complexity index is 514. The maximum Gasteiger partial charge on any atom is 0.224 e. The number of amides is 1. The third-order valence-corrected chi connectivity index (χ3v) is 2.56. The molecule has 0 saturated carbocycles. The van der Waals surface area contributed by atoms with Gasteiger partial charge in [0.1, 0.15) is 0 Å². The summed E-state index contributed by atoms with van der Waals surface area (Å²) in [6.07, 6.45) is 4.60. The molecule has 0 aliphatic heterocycles. The molecular formula is C14H15N3O. The maximum atomic E-state index is 11.5. The van der Waals surface area contributed by atoms with Crippen LogP contribution in [0.3, 0.4) is 0 Å². The van der Waals surface area contributed by atoms with E-state index < -0.39 is 0 Å². The molecule has 0 radical (unpaired) electrons. The van der Waals surface area contributed by atoms with Crippen LogP contribution in [0.25, 0.3) is 11.3 Å². The van der Waals surface area contributed by atoms with E-state index >= 15 is 0 Å². The van der Waals surface area contributed by atoms with Crippen LogP contribution in [-0.4, -0.2) is 16.1 Å². The molecule has 4 heteroatoms. The largest absolute Gasteiger partial charge is 0.326 e. The number of anilines is 1. The number of hydrogen-bond donors (Lipinski definition) is 2. The SMILES string of the molecule is C=CCCC(=O)Nc1ccc(-c2ccn[nH]2)cc1. The van der Waals surface area contributed by atoms with E-state index in [1.807, 2.05) is 30.3 Å². The van der Waals surface area contributed by atoms with Gasteiger partial charge in [0.05, 0.1) is 5.69 Å². The third kappa shape index (κ3) is 3.07. The van der Waals surface area contributed by atoms with E-state index in [0.717, 1.165) is 16.9 Å². The molecule has 0 spiro atoms. The summed E-state index contributed by atoms with van der Waals surface area (Å²) in [5, 5.41) is 9.63. The first-order valence-corrected chi connectivity index (χ1v) is 5.80. The van der Waals surface area contributed by atoms with E-state index in [9.17, 15) is 4.79 Å². The highest BCUT2D eigenvalue weighted by molar-refractivity contribution is 5.91. The van der Waals surface area contributed by atoms with Gasteiger partial charge in [0.2, 0.25) is 5.91 Å². The van der Waals surface area contributed by atoms with Crippen molar-refractivity contribution in [3.63, 3.8) is 0 Å².